The standard InChI is InChI=1S/C11H14F2O/c1-3-9(4-2)14-11-6-5-8(12)7-10(11)13/h5-7,9H,3-4H2,1-2H3. The van der Waals surface area contributed by atoms with Crippen LogP contribution in [0.2, 0.25) is 0 Å². The monoisotopic (exact) mass is 200 g/mol. The van der Waals surface area contributed by atoms with Crippen LogP contribution in [-0.2, 0) is 0 Å². The molecule has 1 aromatic carbocycles. The van der Waals surface area contributed by atoms with Crippen LogP contribution in [0.1, 0.15) is 26.7 Å². The summed E-state index contributed by atoms with van der Waals surface area (Å²) in [7, 11) is 0. The normalized spacial score (nSPS) is 10.6. The van der Waals surface area contributed by atoms with Gasteiger partial charge >= 0.3 is 0 Å². The fourth-order valence-electron chi connectivity index (χ4n) is 1.21. The number of benzene rings is 1. The van der Waals surface area contributed by atoms with Gasteiger partial charge in [0.15, 0.2) is 11.6 Å². The molecule has 0 saturated heterocycles. The van der Waals surface area contributed by atoms with Gasteiger partial charge < -0.3 is 4.74 Å². The topological polar surface area (TPSA) is 9.23 Å². The number of halogens is 2. The molecule has 0 fully saturated rings. The summed E-state index contributed by atoms with van der Waals surface area (Å²) in [6.07, 6.45) is 1.62. The molecule has 0 amide bonds. The van der Waals surface area contributed by atoms with Crippen molar-refractivity contribution in [3.05, 3.63) is 29.8 Å². The average molecular weight is 200 g/mol. The Balaban J connectivity index is 2.76. The Morgan fingerprint density at radius 1 is 1.21 bits per heavy atom. The van der Waals surface area contributed by atoms with Crippen molar-refractivity contribution in [1.29, 1.82) is 0 Å². The zero-order valence-electron chi connectivity index (χ0n) is 8.39. The highest BCUT2D eigenvalue weighted by Gasteiger charge is 2.09. The van der Waals surface area contributed by atoms with Gasteiger partial charge in [0, 0.05) is 6.07 Å². The molecule has 0 spiro atoms. The second-order valence-corrected chi connectivity index (χ2v) is 3.13. The van der Waals surface area contributed by atoms with E-state index in [4.69, 9.17) is 4.74 Å². The molecule has 0 bridgehead atoms. The Morgan fingerprint density at radius 2 is 1.86 bits per heavy atom. The third-order valence-corrected chi connectivity index (χ3v) is 2.10. The molecule has 1 aromatic rings. The van der Waals surface area contributed by atoms with E-state index in [0.717, 1.165) is 18.9 Å². The second-order valence-electron chi connectivity index (χ2n) is 3.13. The van der Waals surface area contributed by atoms with E-state index in [-0.39, 0.29) is 11.9 Å². The SMILES string of the molecule is CCC(CC)Oc1ccc(F)cc1F. The van der Waals surface area contributed by atoms with Crippen molar-refractivity contribution in [1.82, 2.24) is 0 Å². The predicted molar refractivity (Wildman–Crippen MR) is 51.4 cm³/mol. The zero-order valence-corrected chi connectivity index (χ0v) is 8.39. The highest BCUT2D eigenvalue weighted by Crippen LogP contribution is 2.20. The van der Waals surface area contributed by atoms with Crippen LogP contribution in [0.4, 0.5) is 8.78 Å². The van der Waals surface area contributed by atoms with Crippen molar-refractivity contribution in [2.24, 2.45) is 0 Å². The highest BCUT2D eigenvalue weighted by molar-refractivity contribution is 5.24. The summed E-state index contributed by atoms with van der Waals surface area (Å²) in [5, 5.41) is 0. The van der Waals surface area contributed by atoms with Gasteiger partial charge in [0.1, 0.15) is 5.82 Å². The van der Waals surface area contributed by atoms with Crippen molar-refractivity contribution >= 4 is 0 Å². The lowest BCUT2D eigenvalue weighted by Gasteiger charge is -2.15. The van der Waals surface area contributed by atoms with Crippen LogP contribution < -0.4 is 4.74 Å². The van der Waals surface area contributed by atoms with E-state index in [1.165, 1.54) is 12.1 Å². The number of rotatable bonds is 4. The second kappa shape index (κ2) is 4.94. The molecule has 0 aliphatic carbocycles. The molecule has 3 heteroatoms. The molecular weight excluding hydrogens is 186 g/mol. The van der Waals surface area contributed by atoms with Crippen LogP contribution in [0.3, 0.4) is 0 Å². The van der Waals surface area contributed by atoms with Crippen molar-refractivity contribution in [2.75, 3.05) is 0 Å². The molecule has 0 unspecified atom stereocenters. The maximum Gasteiger partial charge on any atom is 0.167 e. The van der Waals surface area contributed by atoms with Gasteiger partial charge in [0.2, 0.25) is 0 Å². The van der Waals surface area contributed by atoms with Gasteiger partial charge in [-0.3, -0.25) is 0 Å². The molecule has 0 aliphatic rings. The largest absolute Gasteiger partial charge is 0.487 e. The van der Waals surface area contributed by atoms with E-state index in [1.54, 1.807) is 0 Å². The van der Waals surface area contributed by atoms with E-state index < -0.39 is 11.6 Å². The smallest absolute Gasteiger partial charge is 0.167 e. The van der Waals surface area contributed by atoms with Gasteiger partial charge in [-0.05, 0) is 25.0 Å². The van der Waals surface area contributed by atoms with Crippen LogP contribution in [0.25, 0.3) is 0 Å². The summed E-state index contributed by atoms with van der Waals surface area (Å²) >= 11 is 0. The van der Waals surface area contributed by atoms with Crippen molar-refractivity contribution in [2.45, 2.75) is 32.8 Å². The maximum atomic E-state index is 13.1. The van der Waals surface area contributed by atoms with Gasteiger partial charge in [-0.2, -0.15) is 0 Å². The Kier molecular flexibility index (Phi) is 3.86. The number of hydrogen-bond donors (Lipinski definition) is 0. The van der Waals surface area contributed by atoms with Gasteiger partial charge in [-0.1, -0.05) is 13.8 Å². The van der Waals surface area contributed by atoms with Gasteiger partial charge in [-0.25, -0.2) is 8.78 Å². The fraction of sp³-hybridized carbons (Fsp3) is 0.455. The minimum Gasteiger partial charge on any atom is -0.487 e. The quantitative estimate of drug-likeness (QED) is 0.722. The number of hydrogen-bond acceptors (Lipinski definition) is 1. The molecule has 0 aliphatic heterocycles. The first-order valence-corrected chi connectivity index (χ1v) is 4.79. The summed E-state index contributed by atoms with van der Waals surface area (Å²) in [5.41, 5.74) is 0. The maximum absolute atomic E-state index is 13.1. The molecule has 78 valence electrons. The summed E-state index contributed by atoms with van der Waals surface area (Å²) in [5.74, 6) is -1.10. The Hall–Kier alpha value is -1.12. The Morgan fingerprint density at radius 3 is 2.36 bits per heavy atom. The average Bonchev–Trinajstić information content (AvgIpc) is 2.17. The van der Waals surface area contributed by atoms with E-state index in [0.29, 0.717) is 0 Å². The summed E-state index contributed by atoms with van der Waals surface area (Å²) in [6, 6.07) is 3.35. The van der Waals surface area contributed by atoms with Crippen LogP contribution in [0.5, 0.6) is 5.75 Å². The summed E-state index contributed by atoms with van der Waals surface area (Å²) in [6.45, 7) is 3.94. The van der Waals surface area contributed by atoms with E-state index in [9.17, 15) is 8.78 Å². The first kappa shape index (κ1) is 11.0. The van der Waals surface area contributed by atoms with Gasteiger partial charge in [-0.15, -0.1) is 0 Å². The molecule has 0 N–H and O–H groups in total. The van der Waals surface area contributed by atoms with Crippen LogP contribution in [0.15, 0.2) is 18.2 Å². The zero-order chi connectivity index (χ0) is 10.6. The highest BCUT2D eigenvalue weighted by atomic mass is 19.1. The molecule has 0 aromatic heterocycles. The first-order chi connectivity index (χ1) is 6.67. The van der Waals surface area contributed by atoms with Crippen molar-refractivity contribution in [3.63, 3.8) is 0 Å². The molecule has 0 saturated carbocycles. The third kappa shape index (κ3) is 2.69. The Bertz CT molecular complexity index is 295. The molecule has 1 rings (SSSR count). The molecule has 0 atom stereocenters. The fourth-order valence-corrected chi connectivity index (χ4v) is 1.21. The van der Waals surface area contributed by atoms with E-state index in [2.05, 4.69) is 0 Å². The van der Waals surface area contributed by atoms with Crippen LogP contribution >= 0.6 is 0 Å². The first-order valence-electron chi connectivity index (χ1n) is 4.79. The van der Waals surface area contributed by atoms with Crippen LogP contribution in [0, 0.1) is 11.6 Å². The Labute approximate surface area is 82.7 Å². The molecule has 0 heterocycles. The predicted octanol–water partition coefficient (Wildman–Crippen LogP) is 3.53. The van der Waals surface area contributed by atoms with Gasteiger partial charge in [0.25, 0.3) is 0 Å². The van der Waals surface area contributed by atoms with E-state index >= 15 is 0 Å². The third-order valence-electron chi connectivity index (χ3n) is 2.10. The molecule has 14 heavy (non-hydrogen) atoms. The molecule has 0 radical (unpaired) electrons. The van der Waals surface area contributed by atoms with E-state index in [1.807, 2.05) is 13.8 Å². The lowest BCUT2D eigenvalue weighted by atomic mass is 10.2. The number of ether oxygens (including phenoxy) is 1. The summed E-state index contributed by atoms with van der Waals surface area (Å²) in [4.78, 5) is 0. The minimum absolute atomic E-state index is 0.00467. The van der Waals surface area contributed by atoms with Gasteiger partial charge in [0.05, 0.1) is 6.10 Å². The van der Waals surface area contributed by atoms with Crippen molar-refractivity contribution < 1.29 is 13.5 Å². The minimum atomic E-state index is -0.642. The molecule has 1 nitrogen and oxygen atoms in total. The summed E-state index contributed by atoms with van der Waals surface area (Å²) < 4.78 is 31.0. The van der Waals surface area contributed by atoms with Crippen LogP contribution in [-0.4, -0.2) is 6.10 Å². The van der Waals surface area contributed by atoms with Crippen molar-refractivity contribution in [3.8, 4) is 5.75 Å². The lowest BCUT2D eigenvalue weighted by Crippen LogP contribution is -2.14. The molecular formula is C11H14F2O. The lowest BCUT2D eigenvalue weighted by molar-refractivity contribution is 0.184.